The fourth-order valence-corrected chi connectivity index (χ4v) is 7.23. The van der Waals surface area contributed by atoms with Crippen molar-refractivity contribution in [2.24, 2.45) is 0 Å². The molecule has 1 rings (SSSR count). The van der Waals surface area contributed by atoms with Gasteiger partial charge in [0.05, 0.1) is 6.61 Å². The smallest absolute Gasteiger partial charge is 0.306 e. The van der Waals surface area contributed by atoms with E-state index in [2.05, 4.69) is 111 Å². The molecule has 4 N–H and O–H groups in total. The molecule has 0 spiro atoms. The summed E-state index contributed by atoms with van der Waals surface area (Å²) in [5.74, 6) is -2.05. The van der Waals surface area contributed by atoms with Crippen LogP contribution >= 0.6 is 0 Å². The lowest BCUT2D eigenvalue weighted by Crippen LogP contribution is -2.60. The first-order valence-corrected chi connectivity index (χ1v) is 25.4. The number of hydrogen-bond donors (Lipinski definition) is 4. The Labute approximate surface area is 385 Å². The molecule has 0 aliphatic carbocycles. The highest BCUT2D eigenvalue weighted by molar-refractivity contribution is 7.85. The van der Waals surface area contributed by atoms with E-state index in [9.17, 15) is 37.9 Å². The normalized spacial score (nSPS) is 20.5. The van der Waals surface area contributed by atoms with Crippen LogP contribution in [0.2, 0.25) is 0 Å². The van der Waals surface area contributed by atoms with E-state index in [1.807, 2.05) is 0 Å². The standard InChI is InChI=1S/C51H82O12S/c1-3-5-7-9-11-13-15-17-19-21-22-24-26-28-30-32-34-36-38-40-47(53)62-44(42-61-51-50(56)49(55)48(54)45(63-51)43-64(57,58)59)41-60-46(52)39-37-35-33-31-29-27-25-23-20-18-16-14-12-10-8-6-4-2/h5-8,11-14,17-20,22,24,28,30,44-45,48-51,54-56H,3-4,9-10,15-16,21,23,25-27,29,31-43H2,1-2H3,(H,57,58,59)/b7-5-,8-6-,13-11-,14-12-,19-17-,20-18-,24-22-,30-28-. The molecule has 1 saturated heterocycles. The molecule has 1 aliphatic heterocycles. The fourth-order valence-electron chi connectivity index (χ4n) is 6.54. The van der Waals surface area contributed by atoms with Gasteiger partial charge in [-0.25, -0.2) is 0 Å². The molecular weight excluding hydrogens is 837 g/mol. The monoisotopic (exact) mass is 919 g/mol. The lowest BCUT2D eigenvalue weighted by molar-refractivity contribution is -0.297. The van der Waals surface area contributed by atoms with Crippen molar-refractivity contribution in [3.63, 3.8) is 0 Å². The minimum Gasteiger partial charge on any atom is -0.462 e. The first-order valence-electron chi connectivity index (χ1n) is 23.8. The van der Waals surface area contributed by atoms with Crippen LogP contribution < -0.4 is 0 Å². The summed E-state index contributed by atoms with van der Waals surface area (Å²) in [4.78, 5) is 25.5. The van der Waals surface area contributed by atoms with Crippen LogP contribution in [0.15, 0.2) is 97.2 Å². The zero-order valence-electron chi connectivity index (χ0n) is 38.8. The van der Waals surface area contributed by atoms with E-state index in [0.29, 0.717) is 12.8 Å². The molecule has 0 aromatic rings. The van der Waals surface area contributed by atoms with Gasteiger partial charge < -0.3 is 34.3 Å². The summed E-state index contributed by atoms with van der Waals surface area (Å²) in [5.41, 5.74) is 0. The third kappa shape index (κ3) is 34.0. The Hall–Kier alpha value is -3.43. The van der Waals surface area contributed by atoms with Crippen LogP contribution in [0.25, 0.3) is 0 Å². The third-order valence-corrected chi connectivity index (χ3v) is 10.9. The lowest BCUT2D eigenvalue weighted by atomic mass is 10.00. The molecule has 0 bridgehead atoms. The van der Waals surface area contributed by atoms with Gasteiger partial charge in [-0.05, 0) is 89.9 Å². The van der Waals surface area contributed by atoms with Gasteiger partial charge in [-0.3, -0.25) is 14.1 Å². The zero-order chi connectivity index (χ0) is 46.9. The predicted molar refractivity (Wildman–Crippen MR) is 256 cm³/mol. The molecule has 64 heavy (non-hydrogen) atoms. The summed E-state index contributed by atoms with van der Waals surface area (Å²) in [6, 6.07) is 0. The maximum atomic E-state index is 12.8. The molecule has 364 valence electrons. The van der Waals surface area contributed by atoms with Crippen LogP contribution in [-0.2, 0) is 38.7 Å². The average molecular weight is 919 g/mol. The van der Waals surface area contributed by atoms with E-state index >= 15 is 0 Å². The SMILES string of the molecule is CC/C=C\C/C=C\C/C=C\C/C=C\C/C=C\CCCCCC(=O)OC(COC(=O)CCCCCCCCC/C=C\C/C=C\C/C=C\CC)COC1OC(CS(=O)(=O)O)C(O)C(O)C1O. The van der Waals surface area contributed by atoms with E-state index in [4.69, 9.17) is 18.9 Å². The van der Waals surface area contributed by atoms with Gasteiger partial charge in [0, 0.05) is 12.8 Å². The average Bonchev–Trinajstić information content (AvgIpc) is 3.26. The van der Waals surface area contributed by atoms with Crippen molar-refractivity contribution in [1.82, 2.24) is 0 Å². The number of carbonyl (C=O) groups excluding carboxylic acids is 2. The second-order valence-electron chi connectivity index (χ2n) is 16.0. The van der Waals surface area contributed by atoms with E-state index in [0.717, 1.165) is 109 Å². The molecule has 0 aromatic heterocycles. The molecule has 1 aliphatic rings. The summed E-state index contributed by atoms with van der Waals surface area (Å²) >= 11 is 0. The summed E-state index contributed by atoms with van der Waals surface area (Å²) < 4.78 is 54.1. The maximum Gasteiger partial charge on any atom is 0.306 e. The number of hydrogen-bond acceptors (Lipinski definition) is 11. The molecule has 6 unspecified atom stereocenters. The predicted octanol–water partition coefficient (Wildman–Crippen LogP) is 10.2. The first kappa shape index (κ1) is 58.6. The van der Waals surface area contributed by atoms with Crippen molar-refractivity contribution in [1.29, 1.82) is 0 Å². The molecule has 0 aromatic carbocycles. The van der Waals surface area contributed by atoms with Crippen molar-refractivity contribution >= 4 is 22.1 Å². The van der Waals surface area contributed by atoms with E-state index in [-0.39, 0.29) is 19.4 Å². The van der Waals surface area contributed by atoms with Crippen molar-refractivity contribution < 1.29 is 56.8 Å². The Bertz CT molecular complexity index is 1540. The van der Waals surface area contributed by atoms with Gasteiger partial charge in [-0.2, -0.15) is 8.42 Å². The number of ether oxygens (including phenoxy) is 4. The van der Waals surface area contributed by atoms with Crippen molar-refractivity contribution in [3.05, 3.63) is 97.2 Å². The van der Waals surface area contributed by atoms with E-state index in [1.54, 1.807) is 0 Å². The number of rotatable bonds is 38. The highest BCUT2D eigenvalue weighted by atomic mass is 32.2. The van der Waals surface area contributed by atoms with Gasteiger partial charge in [0.2, 0.25) is 0 Å². The molecule has 1 heterocycles. The number of aliphatic hydroxyl groups excluding tert-OH is 3. The van der Waals surface area contributed by atoms with Gasteiger partial charge >= 0.3 is 11.9 Å². The van der Waals surface area contributed by atoms with Gasteiger partial charge in [-0.1, -0.05) is 150 Å². The highest BCUT2D eigenvalue weighted by Crippen LogP contribution is 2.24. The summed E-state index contributed by atoms with van der Waals surface area (Å²) in [7, 11) is -4.62. The minimum absolute atomic E-state index is 0.117. The Balaban J connectivity index is 2.46. The van der Waals surface area contributed by atoms with Crippen LogP contribution in [-0.4, -0.2) is 96.0 Å². The van der Waals surface area contributed by atoms with E-state index in [1.165, 1.54) is 6.42 Å². The van der Waals surface area contributed by atoms with Gasteiger partial charge in [-0.15, -0.1) is 0 Å². The van der Waals surface area contributed by atoms with E-state index < -0.39 is 71.2 Å². The minimum atomic E-state index is -4.62. The van der Waals surface area contributed by atoms with Crippen molar-refractivity contribution in [3.8, 4) is 0 Å². The topological polar surface area (TPSA) is 186 Å². The van der Waals surface area contributed by atoms with Gasteiger partial charge in [0.25, 0.3) is 10.1 Å². The molecule has 1 fully saturated rings. The van der Waals surface area contributed by atoms with Crippen LogP contribution in [0.5, 0.6) is 0 Å². The quantitative estimate of drug-likeness (QED) is 0.0199. The molecule has 6 atom stereocenters. The lowest BCUT2D eigenvalue weighted by Gasteiger charge is -2.40. The fraction of sp³-hybridized carbons (Fsp3) is 0.647. The second kappa shape index (κ2) is 39.9. The number of unbranched alkanes of at least 4 members (excludes halogenated alkanes) is 10. The molecular formula is C51H82O12S. The Morgan fingerprint density at radius 2 is 0.938 bits per heavy atom. The zero-order valence-corrected chi connectivity index (χ0v) is 39.7. The number of aliphatic hydroxyl groups is 3. The highest BCUT2D eigenvalue weighted by Gasteiger charge is 2.46. The van der Waals surface area contributed by atoms with Gasteiger partial charge in [0.1, 0.15) is 36.8 Å². The van der Waals surface area contributed by atoms with Crippen LogP contribution in [0, 0.1) is 0 Å². The number of carbonyl (C=O) groups is 2. The van der Waals surface area contributed by atoms with Crippen LogP contribution in [0.3, 0.4) is 0 Å². The van der Waals surface area contributed by atoms with Crippen molar-refractivity contribution in [2.45, 2.75) is 192 Å². The Morgan fingerprint density at radius 3 is 1.41 bits per heavy atom. The first-order chi connectivity index (χ1) is 31.0. The van der Waals surface area contributed by atoms with Gasteiger partial charge in [0.15, 0.2) is 12.4 Å². The molecule has 13 heteroatoms. The second-order valence-corrected chi connectivity index (χ2v) is 17.5. The summed E-state index contributed by atoms with van der Waals surface area (Å²) in [5, 5.41) is 30.9. The summed E-state index contributed by atoms with van der Waals surface area (Å²) in [6.07, 6.45) is 44.4. The van der Waals surface area contributed by atoms with Crippen molar-refractivity contribution in [2.75, 3.05) is 19.0 Å². The molecule has 0 radical (unpaired) electrons. The van der Waals surface area contributed by atoms with Crippen LogP contribution in [0.4, 0.5) is 0 Å². The maximum absolute atomic E-state index is 12.8. The summed E-state index contributed by atoms with van der Waals surface area (Å²) in [6.45, 7) is 3.49. The Morgan fingerprint density at radius 1 is 0.531 bits per heavy atom. The molecule has 12 nitrogen and oxygen atoms in total. The number of allylic oxidation sites excluding steroid dienone is 16. The third-order valence-electron chi connectivity index (χ3n) is 10.2. The largest absolute Gasteiger partial charge is 0.462 e. The van der Waals surface area contributed by atoms with Crippen LogP contribution in [0.1, 0.15) is 155 Å². The molecule has 0 saturated carbocycles. The number of esters is 2. The Kier molecular flexibility index (Phi) is 36.5. The molecule has 0 amide bonds.